The summed E-state index contributed by atoms with van der Waals surface area (Å²) in [5.74, 6) is 0.253. The normalized spacial score (nSPS) is 13.3. The molecule has 2 aromatic heterocycles. The summed E-state index contributed by atoms with van der Waals surface area (Å²) in [5.41, 5.74) is 1.45. The maximum Gasteiger partial charge on any atom is 0.218 e. The minimum atomic E-state index is -3.64. The van der Waals surface area contributed by atoms with Crippen LogP contribution in [0, 0.1) is 0 Å². The van der Waals surface area contributed by atoms with Crippen LogP contribution in [0.25, 0.3) is 11.0 Å². The molecule has 0 amide bonds. The highest BCUT2D eigenvalue weighted by Gasteiger charge is 2.23. The molecule has 128 valence electrons. The minimum absolute atomic E-state index is 0.274. The molecule has 3 rings (SSSR count). The van der Waals surface area contributed by atoms with Crippen LogP contribution < -0.4 is 9.46 Å². The lowest BCUT2D eigenvalue weighted by Crippen LogP contribution is -2.28. The Labute approximate surface area is 139 Å². The van der Waals surface area contributed by atoms with E-state index in [1.54, 1.807) is 43.0 Å². The number of nitrogens with zero attached hydrogens (tertiary/aromatic N) is 3. The Hall–Kier alpha value is -2.39. The lowest BCUT2D eigenvalue weighted by atomic mass is 10.2. The van der Waals surface area contributed by atoms with Gasteiger partial charge in [-0.05, 0) is 19.1 Å². The average Bonchev–Trinajstić information content (AvgIpc) is 3.10. The Morgan fingerprint density at radius 1 is 1.38 bits per heavy atom. The van der Waals surface area contributed by atoms with E-state index >= 15 is 0 Å². The zero-order valence-electron chi connectivity index (χ0n) is 13.6. The zero-order chi connectivity index (χ0) is 17.3. The van der Waals surface area contributed by atoms with E-state index in [4.69, 9.17) is 9.26 Å². The van der Waals surface area contributed by atoms with Gasteiger partial charge in [0.25, 0.3) is 0 Å². The first kappa shape index (κ1) is 16.5. The maximum atomic E-state index is 12.5. The molecule has 8 nitrogen and oxygen atoms in total. The number of para-hydroxylation sites is 1. The highest BCUT2D eigenvalue weighted by molar-refractivity contribution is 7.88. The Balaban J connectivity index is 1.80. The number of sulfonamides is 1. The minimum Gasteiger partial charge on any atom is -0.493 e. The maximum absolute atomic E-state index is 12.5. The second-order valence-electron chi connectivity index (χ2n) is 5.48. The third-order valence-electron chi connectivity index (χ3n) is 3.59. The first-order valence-electron chi connectivity index (χ1n) is 7.30. The van der Waals surface area contributed by atoms with Gasteiger partial charge in [0.2, 0.25) is 10.0 Å². The fourth-order valence-electron chi connectivity index (χ4n) is 2.53. The third kappa shape index (κ3) is 3.26. The number of methoxy groups -OCH3 is 1. The van der Waals surface area contributed by atoms with Crippen molar-refractivity contribution in [1.29, 1.82) is 0 Å². The summed E-state index contributed by atoms with van der Waals surface area (Å²) in [6, 6.07) is 6.60. The molecule has 0 bridgehead atoms. The van der Waals surface area contributed by atoms with Crippen LogP contribution in [0.2, 0.25) is 0 Å². The van der Waals surface area contributed by atoms with Gasteiger partial charge in [-0.2, -0.15) is 5.10 Å². The number of hydrogen-bond donors (Lipinski definition) is 1. The molecule has 1 unspecified atom stereocenters. The number of ether oxygens (including phenoxy) is 1. The molecule has 3 aromatic rings. The summed E-state index contributed by atoms with van der Waals surface area (Å²) in [4.78, 5) is 0. The molecule has 0 aliphatic rings. The molecule has 1 aromatic carbocycles. The van der Waals surface area contributed by atoms with Gasteiger partial charge in [0.05, 0.1) is 19.3 Å². The van der Waals surface area contributed by atoms with Gasteiger partial charge in [-0.3, -0.25) is 4.68 Å². The molecular weight excluding hydrogens is 332 g/mol. The second-order valence-corrected chi connectivity index (χ2v) is 7.23. The van der Waals surface area contributed by atoms with Gasteiger partial charge in [0, 0.05) is 12.4 Å². The predicted molar refractivity (Wildman–Crippen MR) is 87.9 cm³/mol. The molecule has 2 heterocycles. The van der Waals surface area contributed by atoms with Crippen molar-refractivity contribution in [2.24, 2.45) is 7.05 Å². The van der Waals surface area contributed by atoms with E-state index in [0.717, 1.165) is 0 Å². The van der Waals surface area contributed by atoms with Crippen molar-refractivity contribution in [2.75, 3.05) is 7.11 Å². The molecular formula is C15H18N4O4S. The van der Waals surface area contributed by atoms with E-state index in [1.165, 1.54) is 7.11 Å². The third-order valence-corrected chi connectivity index (χ3v) is 4.95. The largest absolute Gasteiger partial charge is 0.493 e. The van der Waals surface area contributed by atoms with Crippen LogP contribution in [0.3, 0.4) is 0 Å². The number of rotatable bonds is 6. The van der Waals surface area contributed by atoms with Crippen molar-refractivity contribution in [2.45, 2.75) is 18.7 Å². The molecule has 0 fully saturated rings. The molecule has 1 atom stereocenters. The van der Waals surface area contributed by atoms with E-state index in [-0.39, 0.29) is 5.75 Å². The number of aryl methyl sites for hydroxylation is 1. The molecule has 0 radical (unpaired) electrons. The standard InChI is InChI=1S/C15H18N4O4S/c1-10(15-14(22-3)8-19(2)16-15)18-24(20,21)9-12-11-6-4-5-7-13(11)23-17-12/h4-8,10,18H,9H2,1-3H3. The van der Waals surface area contributed by atoms with Crippen molar-refractivity contribution in [1.82, 2.24) is 19.7 Å². The van der Waals surface area contributed by atoms with Crippen LogP contribution in [-0.4, -0.2) is 30.5 Å². The van der Waals surface area contributed by atoms with Gasteiger partial charge < -0.3 is 9.26 Å². The van der Waals surface area contributed by atoms with Crippen LogP contribution in [-0.2, 0) is 22.8 Å². The smallest absolute Gasteiger partial charge is 0.218 e. The van der Waals surface area contributed by atoms with Gasteiger partial charge >= 0.3 is 0 Å². The van der Waals surface area contributed by atoms with Gasteiger partial charge in [-0.25, -0.2) is 13.1 Å². The van der Waals surface area contributed by atoms with Crippen LogP contribution >= 0.6 is 0 Å². The number of fused-ring (bicyclic) bond motifs is 1. The fraction of sp³-hybridized carbons (Fsp3) is 0.333. The quantitative estimate of drug-likeness (QED) is 0.727. The predicted octanol–water partition coefficient (Wildman–Crippen LogP) is 1.75. The van der Waals surface area contributed by atoms with Gasteiger partial charge in [0.1, 0.15) is 17.1 Å². The highest BCUT2D eigenvalue weighted by Crippen LogP contribution is 2.24. The Kier molecular flexibility index (Phi) is 4.29. The molecule has 9 heteroatoms. The zero-order valence-corrected chi connectivity index (χ0v) is 14.4. The van der Waals surface area contributed by atoms with E-state index < -0.39 is 16.1 Å². The van der Waals surface area contributed by atoms with Gasteiger partial charge in [-0.15, -0.1) is 0 Å². The van der Waals surface area contributed by atoms with Crippen molar-refractivity contribution in [3.05, 3.63) is 41.9 Å². The molecule has 0 aliphatic carbocycles. The SMILES string of the molecule is COc1cn(C)nc1C(C)NS(=O)(=O)Cc1noc2ccccc12. The Morgan fingerprint density at radius 2 is 2.12 bits per heavy atom. The fourth-order valence-corrected chi connectivity index (χ4v) is 3.83. The van der Waals surface area contributed by atoms with Crippen molar-refractivity contribution in [3.8, 4) is 5.75 Å². The van der Waals surface area contributed by atoms with Crippen LogP contribution in [0.15, 0.2) is 35.0 Å². The van der Waals surface area contributed by atoms with Crippen LogP contribution in [0.5, 0.6) is 5.75 Å². The average molecular weight is 350 g/mol. The summed E-state index contributed by atoms with van der Waals surface area (Å²) in [5, 5.41) is 8.79. The van der Waals surface area contributed by atoms with E-state index in [0.29, 0.717) is 28.1 Å². The molecule has 0 saturated carbocycles. The first-order chi connectivity index (χ1) is 11.4. The lowest BCUT2D eigenvalue weighted by Gasteiger charge is -2.12. The Morgan fingerprint density at radius 3 is 2.88 bits per heavy atom. The summed E-state index contributed by atoms with van der Waals surface area (Å²) in [7, 11) is -0.374. The van der Waals surface area contributed by atoms with E-state index in [1.807, 2.05) is 6.07 Å². The molecule has 0 saturated heterocycles. The summed E-state index contributed by atoms with van der Waals surface area (Å²) in [6.45, 7) is 1.71. The summed E-state index contributed by atoms with van der Waals surface area (Å²) < 4.78 is 39.5. The number of aromatic nitrogens is 3. The van der Waals surface area contributed by atoms with Gasteiger partial charge in [0.15, 0.2) is 11.3 Å². The van der Waals surface area contributed by atoms with Gasteiger partial charge in [-0.1, -0.05) is 17.3 Å². The van der Waals surface area contributed by atoms with E-state index in [2.05, 4.69) is 15.0 Å². The number of nitrogens with one attached hydrogen (secondary N) is 1. The lowest BCUT2D eigenvalue weighted by molar-refractivity contribution is 0.405. The topological polar surface area (TPSA) is 99.2 Å². The van der Waals surface area contributed by atoms with Crippen molar-refractivity contribution in [3.63, 3.8) is 0 Å². The number of hydrogen-bond acceptors (Lipinski definition) is 6. The van der Waals surface area contributed by atoms with Crippen LogP contribution in [0.1, 0.15) is 24.4 Å². The molecule has 24 heavy (non-hydrogen) atoms. The highest BCUT2D eigenvalue weighted by atomic mass is 32.2. The first-order valence-corrected chi connectivity index (χ1v) is 8.95. The van der Waals surface area contributed by atoms with Crippen LogP contribution in [0.4, 0.5) is 0 Å². The second kappa shape index (κ2) is 6.25. The Bertz CT molecular complexity index is 961. The molecule has 1 N–H and O–H groups in total. The molecule has 0 spiro atoms. The monoisotopic (exact) mass is 350 g/mol. The van der Waals surface area contributed by atoms with E-state index in [9.17, 15) is 8.42 Å². The number of benzene rings is 1. The molecule has 0 aliphatic heterocycles. The summed E-state index contributed by atoms with van der Waals surface area (Å²) in [6.07, 6.45) is 1.69. The summed E-state index contributed by atoms with van der Waals surface area (Å²) >= 11 is 0. The van der Waals surface area contributed by atoms with Crippen molar-refractivity contribution >= 4 is 21.0 Å². The van der Waals surface area contributed by atoms with Crippen molar-refractivity contribution < 1.29 is 17.7 Å².